The van der Waals surface area contributed by atoms with Gasteiger partial charge in [-0.15, -0.1) is 0 Å². The van der Waals surface area contributed by atoms with E-state index in [0.717, 1.165) is 38.5 Å². The number of aliphatic hydroxyl groups is 3. The van der Waals surface area contributed by atoms with Crippen molar-refractivity contribution in [1.82, 2.24) is 0 Å². The van der Waals surface area contributed by atoms with Gasteiger partial charge in [-0.25, -0.2) is 0 Å². The van der Waals surface area contributed by atoms with Gasteiger partial charge in [0.05, 0.1) is 34.6 Å². The van der Waals surface area contributed by atoms with E-state index in [0.29, 0.717) is 0 Å². The zero-order valence-electron chi connectivity index (χ0n) is 15.0. The predicted molar refractivity (Wildman–Crippen MR) is 98.4 cm³/mol. The molecule has 3 rings (SSSR count). The van der Waals surface area contributed by atoms with E-state index in [9.17, 15) is 0 Å². The second-order valence-electron chi connectivity index (χ2n) is 6.88. The molecule has 3 aliphatic rings. The maximum atomic E-state index is 8.91. The Balaban J connectivity index is 0. The minimum atomic E-state index is 0. The van der Waals surface area contributed by atoms with E-state index in [2.05, 4.69) is 0 Å². The minimum Gasteiger partial charge on any atom is -0.393 e. The molecule has 0 radical (unpaired) electrons. The first-order chi connectivity index (χ1) is 11.2. The fourth-order valence-electron chi connectivity index (χ4n) is 3.24. The summed E-state index contributed by atoms with van der Waals surface area (Å²) in [5.74, 6) is 0. The van der Waals surface area contributed by atoms with Gasteiger partial charge in [-0.3, -0.25) is 0 Å². The molecule has 3 fully saturated rings. The first kappa shape index (κ1) is 27.3. The molecule has 24 heavy (non-hydrogen) atoms. The van der Waals surface area contributed by atoms with Gasteiger partial charge in [0.25, 0.3) is 0 Å². The first-order valence-corrected chi connectivity index (χ1v) is 10.1. The maximum absolute atomic E-state index is 8.91. The molecular weight excluding hydrogens is 408 g/mol. The largest absolute Gasteiger partial charge is 0.393 e. The molecular formula is C18H37BrO4Ti. The van der Waals surface area contributed by atoms with Gasteiger partial charge in [0.15, 0.2) is 0 Å². The third kappa shape index (κ3) is 17.8. The van der Waals surface area contributed by atoms with Crippen LogP contribution in [0.25, 0.3) is 0 Å². The Morgan fingerprint density at radius 1 is 0.417 bits per heavy atom. The molecule has 0 aromatic carbocycles. The molecule has 0 aliphatic heterocycles. The summed E-state index contributed by atoms with van der Waals surface area (Å²) in [5.41, 5.74) is 0. The van der Waals surface area contributed by atoms with Crippen molar-refractivity contribution in [2.24, 2.45) is 0 Å². The van der Waals surface area contributed by atoms with E-state index >= 15 is 0 Å². The second-order valence-corrected chi connectivity index (χ2v) is 6.88. The van der Waals surface area contributed by atoms with Gasteiger partial charge in [-0.05, 0) is 38.5 Å². The number of halogens is 1. The van der Waals surface area contributed by atoms with Gasteiger partial charge in [0.2, 0.25) is 0 Å². The van der Waals surface area contributed by atoms with Crippen molar-refractivity contribution in [3.8, 4) is 0 Å². The van der Waals surface area contributed by atoms with Crippen LogP contribution in [-0.2, 0) is 21.7 Å². The summed E-state index contributed by atoms with van der Waals surface area (Å²) in [6.07, 6.45) is 17.8. The molecule has 0 aromatic heterocycles. The summed E-state index contributed by atoms with van der Waals surface area (Å²) in [6, 6.07) is 0. The molecule has 0 spiro atoms. The topological polar surface area (TPSA) is 80.9 Å². The summed E-state index contributed by atoms with van der Waals surface area (Å²) >= 11 is 1.94. The van der Waals surface area contributed by atoms with Crippen LogP contribution in [0.5, 0.6) is 0 Å². The van der Waals surface area contributed by atoms with Crippen LogP contribution in [0.15, 0.2) is 0 Å². The van der Waals surface area contributed by atoms with Crippen LogP contribution in [0.2, 0.25) is 0 Å². The zero-order chi connectivity index (χ0) is 17.3. The fourth-order valence-corrected chi connectivity index (χ4v) is 3.24. The van der Waals surface area contributed by atoms with Crippen molar-refractivity contribution in [1.29, 1.82) is 0 Å². The third-order valence-corrected chi connectivity index (χ3v) is 4.72. The summed E-state index contributed by atoms with van der Waals surface area (Å²) in [7, 11) is 0. The van der Waals surface area contributed by atoms with E-state index in [1.165, 1.54) is 57.8 Å². The Hall–Kier alpha value is 1.03. The van der Waals surface area contributed by atoms with E-state index in [4.69, 9.17) is 19.5 Å². The Labute approximate surface area is 171 Å². The quantitative estimate of drug-likeness (QED) is 0.421. The first-order valence-electron chi connectivity index (χ1n) is 9.39. The SMILES string of the molecule is OBr.OC1CCCCC1.OC1CCCCC1.OC1CCCCC1.[Ti]. The van der Waals surface area contributed by atoms with Crippen LogP contribution < -0.4 is 0 Å². The summed E-state index contributed by atoms with van der Waals surface area (Å²) < 4.78 is 6.81. The van der Waals surface area contributed by atoms with Crippen molar-refractivity contribution in [3.05, 3.63) is 0 Å². The summed E-state index contributed by atoms with van der Waals surface area (Å²) in [4.78, 5) is 0. The number of hydrogen-bond donors (Lipinski definition) is 4. The van der Waals surface area contributed by atoms with Crippen molar-refractivity contribution in [3.63, 3.8) is 0 Å². The fraction of sp³-hybridized carbons (Fsp3) is 1.00. The molecule has 0 heterocycles. The Kier molecular flexibility index (Phi) is 23.1. The molecule has 0 atom stereocenters. The third-order valence-electron chi connectivity index (χ3n) is 4.72. The number of rotatable bonds is 0. The van der Waals surface area contributed by atoms with E-state index in [1.54, 1.807) is 0 Å². The standard InChI is InChI=1S/3C6H12O.BrHO.Ti/c3*7-6-4-2-1-3-5-6;1-2;/h3*6-7H,1-5H2;2H;. The van der Waals surface area contributed by atoms with Gasteiger partial charge < -0.3 is 19.5 Å². The van der Waals surface area contributed by atoms with Crippen molar-refractivity contribution >= 4 is 16.3 Å². The van der Waals surface area contributed by atoms with Gasteiger partial charge >= 0.3 is 0 Å². The monoisotopic (exact) mass is 444 g/mol. The molecule has 0 amide bonds. The summed E-state index contributed by atoms with van der Waals surface area (Å²) in [6.45, 7) is 0. The van der Waals surface area contributed by atoms with Crippen LogP contribution >= 0.6 is 16.3 Å². The van der Waals surface area contributed by atoms with Gasteiger partial charge in [0.1, 0.15) is 0 Å². The Bertz CT molecular complexity index is 191. The summed E-state index contributed by atoms with van der Waals surface area (Å²) in [5, 5.41) is 26.7. The minimum absolute atomic E-state index is 0. The predicted octanol–water partition coefficient (Wildman–Crippen LogP) is 4.22. The van der Waals surface area contributed by atoms with Crippen LogP contribution in [0.1, 0.15) is 96.3 Å². The van der Waals surface area contributed by atoms with Crippen LogP contribution in [0.4, 0.5) is 0 Å². The van der Waals surface area contributed by atoms with Crippen molar-refractivity contribution < 1.29 is 41.2 Å². The second kappa shape index (κ2) is 20.3. The molecule has 4 N–H and O–H groups in total. The van der Waals surface area contributed by atoms with Gasteiger partial charge in [0, 0.05) is 21.7 Å². The molecule has 0 unspecified atom stereocenters. The molecule has 0 bridgehead atoms. The Morgan fingerprint density at radius 3 is 0.667 bits per heavy atom. The van der Waals surface area contributed by atoms with Crippen molar-refractivity contribution in [2.75, 3.05) is 0 Å². The molecule has 4 nitrogen and oxygen atoms in total. The molecule has 6 heteroatoms. The normalized spacial score (nSPS) is 22.4. The molecule has 3 saturated carbocycles. The van der Waals surface area contributed by atoms with E-state index < -0.39 is 0 Å². The van der Waals surface area contributed by atoms with Gasteiger partial charge in [-0.2, -0.15) is 0 Å². The Morgan fingerprint density at radius 2 is 0.583 bits per heavy atom. The van der Waals surface area contributed by atoms with Crippen molar-refractivity contribution in [2.45, 2.75) is 115 Å². The van der Waals surface area contributed by atoms with E-state index in [-0.39, 0.29) is 40.0 Å². The molecule has 3 aliphatic carbocycles. The number of hydrogen-bond acceptors (Lipinski definition) is 4. The van der Waals surface area contributed by atoms with Crippen LogP contribution in [0, 0.1) is 0 Å². The average molecular weight is 445 g/mol. The smallest absolute Gasteiger partial charge is 0.0957 e. The van der Waals surface area contributed by atoms with Crippen LogP contribution in [0.3, 0.4) is 0 Å². The average Bonchev–Trinajstić information content (AvgIpc) is 2.60. The van der Waals surface area contributed by atoms with E-state index in [1.807, 2.05) is 16.3 Å². The number of aliphatic hydroxyl groups excluding tert-OH is 3. The maximum Gasteiger partial charge on any atom is 0.0957 e. The van der Waals surface area contributed by atoms with Gasteiger partial charge in [-0.1, -0.05) is 57.8 Å². The molecule has 144 valence electrons. The van der Waals surface area contributed by atoms with Crippen LogP contribution in [-0.4, -0.2) is 37.8 Å². The molecule has 0 aromatic rings. The zero-order valence-corrected chi connectivity index (χ0v) is 18.2. The molecule has 0 saturated heterocycles.